The zero-order valence-corrected chi connectivity index (χ0v) is 18.7. The molecule has 3 atom stereocenters. The van der Waals surface area contributed by atoms with E-state index in [4.69, 9.17) is 4.74 Å². The second-order valence-electron chi connectivity index (χ2n) is 8.09. The zero-order valence-electron chi connectivity index (χ0n) is 18.7. The standard InChI is InChI=1S/C24H32N2O6/c1-3-4-12-19(22(29)24(31)25-18-13-8-9-14-20(18)28)26-23(30)21(32-16(2)27)15-17-10-6-5-7-11-17/h5-7,10-11,18-19,21H,3-4,8-9,12-15H2,1-2H3,(H,25,31)(H,26,30)/t18-,19-,21+/m0/s1. The molecule has 8 heteroatoms. The van der Waals surface area contributed by atoms with Crippen molar-refractivity contribution in [2.45, 2.75) is 83.4 Å². The van der Waals surface area contributed by atoms with Gasteiger partial charge in [-0.05, 0) is 24.8 Å². The summed E-state index contributed by atoms with van der Waals surface area (Å²) in [5.74, 6) is -3.01. The number of ketones is 2. The van der Waals surface area contributed by atoms with Crippen LogP contribution in [-0.4, -0.2) is 47.5 Å². The fraction of sp³-hybridized carbons (Fsp3) is 0.542. The van der Waals surface area contributed by atoms with Crippen molar-refractivity contribution in [2.24, 2.45) is 0 Å². The highest BCUT2D eigenvalue weighted by Gasteiger charge is 2.33. The fourth-order valence-electron chi connectivity index (χ4n) is 3.68. The summed E-state index contributed by atoms with van der Waals surface area (Å²) in [5.41, 5.74) is 0.791. The third-order valence-corrected chi connectivity index (χ3v) is 5.43. The molecule has 0 unspecified atom stereocenters. The molecular formula is C24H32N2O6. The second kappa shape index (κ2) is 12.7. The predicted molar refractivity (Wildman–Crippen MR) is 118 cm³/mol. The van der Waals surface area contributed by atoms with Gasteiger partial charge in [0.05, 0.1) is 12.1 Å². The van der Waals surface area contributed by atoms with Crippen molar-refractivity contribution in [3.63, 3.8) is 0 Å². The average Bonchev–Trinajstić information content (AvgIpc) is 2.77. The second-order valence-corrected chi connectivity index (χ2v) is 8.09. The third-order valence-electron chi connectivity index (χ3n) is 5.43. The first kappa shape index (κ1) is 25.2. The molecule has 32 heavy (non-hydrogen) atoms. The molecule has 1 aromatic carbocycles. The Balaban J connectivity index is 2.08. The van der Waals surface area contributed by atoms with Crippen LogP contribution >= 0.6 is 0 Å². The summed E-state index contributed by atoms with van der Waals surface area (Å²) in [6.45, 7) is 3.14. The van der Waals surface area contributed by atoms with E-state index in [9.17, 15) is 24.0 Å². The minimum Gasteiger partial charge on any atom is -0.452 e. The van der Waals surface area contributed by atoms with Gasteiger partial charge in [0.15, 0.2) is 11.9 Å². The molecule has 174 valence electrons. The lowest BCUT2D eigenvalue weighted by Gasteiger charge is -2.24. The number of hydrogen-bond donors (Lipinski definition) is 2. The van der Waals surface area contributed by atoms with Crippen LogP contribution in [0.3, 0.4) is 0 Å². The van der Waals surface area contributed by atoms with Crippen LogP contribution in [0.4, 0.5) is 0 Å². The number of benzene rings is 1. The number of unbranched alkanes of at least 4 members (excludes halogenated alkanes) is 1. The minimum atomic E-state index is -1.13. The Kier molecular flexibility index (Phi) is 10.0. The van der Waals surface area contributed by atoms with Crippen LogP contribution in [0.15, 0.2) is 30.3 Å². The van der Waals surface area contributed by atoms with Crippen molar-refractivity contribution in [2.75, 3.05) is 0 Å². The van der Waals surface area contributed by atoms with E-state index in [0.717, 1.165) is 24.8 Å². The molecule has 0 saturated heterocycles. The van der Waals surface area contributed by atoms with Crippen LogP contribution in [-0.2, 0) is 35.1 Å². The number of amides is 2. The minimum absolute atomic E-state index is 0.0793. The molecule has 1 aliphatic rings. The Hall–Kier alpha value is -3.03. The quantitative estimate of drug-likeness (QED) is 0.398. The predicted octanol–water partition coefficient (Wildman–Crippen LogP) is 2.03. The molecule has 0 radical (unpaired) electrons. The molecule has 2 amide bonds. The van der Waals surface area contributed by atoms with Gasteiger partial charge in [-0.3, -0.25) is 24.0 Å². The smallest absolute Gasteiger partial charge is 0.303 e. The number of Topliss-reactive ketones (excluding diaryl/α,β-unsaturated/α-hetero) is 2. The van der Waals surface area contributed by atoms with Gasteiger partial charge < -0.3 is 15.4 Å². The molecule has 0 heterocycles. The lowest BCUT2D eigenvalue weighted by atomic mass is 9.93. The summed E-state index contributed by atoms with van der Waals surface area (Å²) in [5, 5.41) is 5.12. The Labute approximate surface area is 188 Å². The van der Waals surface area contributed by atoms with E-state index in [1.807, 2.05) is 25.1 Å². The number of hydrogen-bond acceptors (Lipinski definition) is 6. The fourth-order valence-corrected chi connectivity index (χ4v) is 3.68. The van der Waals surface area contributed by atoms with Crippen molar-refractivity contribution in [1.29, 1.82) is 0 Å². The maximum Gasteiger partial charge on any atom is 0.303 e. The van der Waals surface area contributed by atoms with Crippen molar-refractivity contribution in [3.8, 4) is 0 Å². The van der Waals surface area contributed by atoms with Gasteiger partial charge in [-0.15, -0.1) is 0 Å². The number of esters is 1. The van der Waals surface area contributed by atoms with Crippen molar-refractivity contribution in [1.82, 2.24) is 10.6 Å². The molecule has 0 spiro atoms. The van der Waals surface area contributed by atoms with Crippen molar-refractivity contribution >= 4 is 29.4 Å². The Morgan fingerprint density at radius 3 is 2.47 bits per heavy atom. The molecule has 2 N–H and O–H groups in total. The molecule has 1 aromatic rings. The molecule has 0 bridgehead atoms. The first-order valence-corrected chi connectivity index (χ1v) is 11.2. The molecule has 1 saturated carbocycles. The van der Waals surface area contributed by atoms with Gasteiger partial charge in [0, 0.05) is 19.8 Å². The van der Waals surface area contributed by atoms with E-state index >= 15 is 0 Å². The SMILES string of the molecule is CCCC[C@H](NC(=O)[C@@H](Cc1ccccc1)OC(C)=O)C(=O)C(=O)N[C@H]1CCCCC1=O. The van der Waals surface area contributed by atoms with Gasteiger partial charge in [-0.2, -0.15) is 0 Å². The molecule has 1 fully saturated rings. The summed E-state index contributed by atoms with van der Waals surface area (Å²) in [7, 11) is 0. The highest BCUT2D eigenvalue weighted by atomic mass is 16.5. The molecular weight excluding hydrogens is 412 g/mol. The van der Waals surface area contributed by atoms with Gasteiger partial charge in [-0.1, -0.05) is 56.5 Å². The topological polar surface area (TPSA) is 119 Å². The Morgan fingerprint density at radius 1 is 1.12 bits per heavy atom. The molecule has 8 nitrogen and oxygen atoms in total. The summed E-state index contributed by atoms with van der Waals surface area (Å²) >= 11 is 0. The van der Waals surface area contributed by atoms with Crippen LogP contribution < -0.4 is 10.6 Å². The van der Waals surface area contributed by atoms with Gasteiger partial charge >= 0.3 is 5.97 Å². The maximum atomic E-state index is 12.9. The third kappa shape index (κ3) is 7.90. The number of nitrogens with one attached hydrogen (secondary N) is 2. The largest absolute Gasteiger partial charge is 0.452 e. The normalized spacial score (nSPS) is 17.7. The van der Waals surface area contributed by atoms with E-state index in [1.165, 1.54) is 6.92 Å². The first-order chi connectivity index (χ1) is 15.3. The number of ether oxygens (including phenoxy) is 1. The summed E-state index contributed by atoms with van der Waals surface area (Å²) in [6, 6.07) is 7.34. The van der Waals surface area contributed by atoms with Crippen LogP contribution in [0.2, 0.25) is 0 Å². The summed E-state index contributed by atoms with van der Waals surface area (Å²) in [4.78, 5) is 61.8. The van der Waals surface area contributed by atoms with E-state index in [1.54, 1.807) is 12.1 Å². The lowest BCUT2D eigenvalue weighted by Crippen LogP contribution is -2.53. The van der Waals surface area contributed by atoms with Crippen molar-refractivity contribution in [3.05, 3.63) is 35.9 Å². The highest BCUT2D eigenvalue weighted by Crippen LogP contribution is 2.15. The molecule has 0 aromatic heterocycles. The van der Waals surface area contributed by atoms with E-state index in [2.05, 4.69) is 10.6 Å². The first-order valence-electron chi connectivity index (χ1n) is 11.2. The molecule has 0 aliphatic heterocycles. The van der Waals surface area contributed by atoms with E-state index in [-0.39, 0.29) is 18.6 Å². The summed E-state index contributed by atoms with van der Waals surface area (Å²) < 4.78 is 5.19. The van der Waals surface area contributed by atoms with Crippen molar-refractivity contribution < 1.29 is 28.7 Å². The average molecular weight is 445 g/mol. The molecule has 2 rings (SSSR count). The molecule has 1 aliphatic carbocycles. The lowest BCUT2D eigenvalue weighted by molar-refractivity contribution is -0.154. The number of rotatable bonds is 11. The highest BCUT2D eigenvalue weighted by molar-refractivity contribution is 6.38. The Morgan fingerprint density at radius 2 is 1.84 bits per heavy atom. The number of carbonyl (C=O) groups excluding carboxylic acids is 5. The van der Waals surface area contributed by atoms with Crippen LogP contribution in [0.25, 0.3) is 0 Å². The maximum absolute atomic E-state index is 12.9. The van der Waals surface area contributed by atoms with Gasteiger partial charge in [-0.25, -0.2) is 0 Å². The Bertz CT molecular complexity index is 823. The zero-order chi connectivity index (χ0) is 23.5. The van der Waals surface area contributed by atoms with E-state index in [0.29, 0.717) is 19.3 Å². The monoisotopic (exact) mass is 444 g/mol. The van der Waals surface area contributed by atoms with Gasteiger partial charge in [0.2, 0.25) is 5.78 Å². The van der Waals surface area contributed by atoms with E-state index < -0.39 is 41.8 Å². The van der Waals surface area contributed by atoms with Crippen LogP contribution in [0, 0.1) is 0 Å². The van der Waals surface area contributed by atoms with Gasteiger partial charge in [0.1, 0.15) is 0 Å². The van der Waals surface area contributed by atoms with Crippen LogP contribution in [0.5, 0.6) is 0 Å². The van der Waals surface area contributed by atoms with Gasteiger partial charge in [0.25, 0.3) is 11.8 Å². The number of carbonyl (C=O) groups is 5. The van der Waals surface area contributed by atoms with Crippen LogP contribution in [0.1, 0.15) is 64.4 Å². The summed E-state index contributed by atoms with van der Waals surface area (Å²) in [6.07, 6.45) is 3.15.